The first-order valence-electron chi connectivity index (χ1n) is 6.01. The number of hydrogen-bond acceptors (Lipinski definition) is 2. The Labute approximate surface area is 110 Å². The Morgan fingerprint density at radius 3 is 2.79 bits per heavy atom. The van der Waals surface area contributed by atoms with Crippen molar-refractivity contribution in [3.05, 3.63) is 59.9 Å². The van der Waals surface area contributed by atoms with Crippen LogP contribution in [-0.2, 0) is 11.2 Å². The Kier molecular flexibility index (Phi) is 2.80. The van der Waals surface area contributed by atoms with Gasteiger partial charge in [0.05, 0.1) is 12.7 Å². The summed E-state index contributed by atoms with van der Waals surface area (Å²) in [4.78, 5) is 10.8. The zero-order chi connectivity index (χ0) is 13.2. The quantitative estimate of drug-likeness (QED) is 0.891. The van der Waals surface area contributed by atoms with Gasteiger partial charge in [-0.1, -0.05) is 30.3 Å². The monoisotopic (exact) mass is 252 g/mol. The average molecular weight is 252 g/mol. The summed E-state index contributed by atoms with van der Waals surface area (Å²) in [7, 11) is 0. The number of benzene rings is 2. The Bertz CT molecular complexity index is 671. The largest absolute Gasteiger partial charge is 0.481 e. The van der Waals surface area contributed by atoms with Crippen molar-refractivity contribution in [3.63, 3.8) is 0 Å². The van der Waals surface area contributed by atoms with Crippen LogP contribution in [-0.4, -0.2) is 11.1 Å². The minimum atomic E-state index is -0.832. The van der Waals surface area contributed by atoms with Crippen molar-refractivity contribution in [1.29, 1.82) is 0 Å². The number of carboxylic acid groups (broad SMARTS) is 1. The number of rotatable bonds is 2. The minimum absolute atomic E-state index is 0.0167. The first kappa shape index (κ1) is 11.5. The van der Waals surface area contributed by atoms with E-state index in [-0.39, 0.29) is 6.42 Å². The molecule has 0 aliphatic carbocycles. The van der Waals surface area contributed by atoms with Crippen molar-refractivity contribution in [2.75, 3.05) is 0 Å². The molecule has 94 valence electrons. The van der Waals surface area contributed by atoms with Gasteiger partial charge in [0.1, 0.15) is 5.75 Å². The van der Waals surface area contributed by atoms with Gasteiger partial charge >= 0.3 is 5.97 Å². The molecule has 0 saturated heterocycles. The van der Waals surface area contributed by atoms with Crippen molar-refractivity contribution < 1.29 is 14.6 Å². The lowest BCUT2D eigenvalue weighted by atomic mass is 9.97. The van der Waals surface area contributed by atoms with Crippen LogP contribution in [0.15, 0.2) is 48.7 Å². The average Bonchev–Trinajstić information content (AvgIpc) is 2.57. The molecule has 3 nitrogen and oxygen atoms in total. The van der Waals surface area contributed by atoms with Gasteiger partial charge in [-0.3, -0.25) is 4.79 Å². The predicted molar refractivity (Wildman–Crippen MR) is 72.9 cm³/mol. The summed E-state index contributed by atoms with van der Waals surface area (Å²) in [6, 6.07) is 13.4. The summed E-state index contributed by atoms with van der Waals surface area (Å²) in [6.45, 7) is 0. The van der Waals surface area contributed by atoms with Gasteiger partial charge in [-0.25, -0.2) is 0 Å². The molecule has 1 N–H and O–H groups in total. The normalized spacial score (nSPS) is 12.0. The Morgan fingerprint density at radius 1 is 1.11 bits per heavy atom. The Hall–Kier alpha value is -2.55. The minimum Gasteiger partial charge on any atom is -0.481 e. The second-order valence-electron chi connectivity index (χ2n) is 4.41. The zero-order valence-electron chi connectivity index (χ0n) is 10.2. The molecule has 2 aromatic rings. The van der Waals surface area contributed by atoms with Crippen LogP contribution in [0, 0.1) is 0 Å². The van der Waals surface area contributed by atoms with Crippen molar-refractivity contribution in [2.24, 2.45) is 0 Å². The van der Waals surface area contributed by atoms with Crippen molar-refractivity contribution in [2.45, 2.75) is 6.42 Å². The fourth-order valence-corrected chi connectivity index (χ4v) is 2.24. The SMILES string of the molecule is O=C(O)Cc1ccc2c(c1)-c1ccccc1C=CO2. The molecule has 1 aliphatic rings. The third-order valence-electron chi connectivity index (χ3n) is 3.09. The molecule has 0 bridgehead atoms. The van der Waals surface area contributed by atoms with Crippen LogP contribution in [0.25, 0.3) is 17.2 Å². The van der Waals surface area contributed by atoms with Crippen molar-refractivity contribution >= 4 is 12.0 Å². The molecule has 3 rings (SSSR count). The van der Waals surface area contributed by atoms with Gasteiger partial charge < -0.3 is 9.84 Å². The standard InChI is InChI=1S/C16H12O3/c17-16(18)10-11-5-6-15-14(9-11)13-4-2-1-3-12(13)7-8-19-15/h1-9H,10H2,(H,17,18). The third-order valence-corrected chi connectivity index (χ3v) is 3.09. The van der Waals surface area contributed by atoms with Crippen LogP contribution >= 0.6 is 0 Å². The first-order valence-corrected chi connectivity index (χ1v) is 6.01. The fraction of sp³-hybridized carbons (Fsp3) is 0.0625. The molecular weight excluding hydrogens is 240 g/mol. The Balaban J connectivity index is 2.15. The van der Waals surface area contributed by atoms with E-state index in [9.17, 15) is 4.79 Å². The van der Waals surface area contributed by atoms with E-state index >= 15 is 0 Å². The summed E-state index contributed by atoms with van der Waals surface area (Å²) < 4.78 is 5.56. The van der Waals surface area contributed by atoms with E-state index in [0.717, 1.165) is 28.0 Å². The molecule has 2 aromatic carbocycles. The van der Waals surface area contributed by atoms with Gasteiger partial charge in [0.15, 0.2) is 0 Å². The molecule has 0 amide bonds. The number of carbonyl (C=O) groups is 1. The van der Waals surface area contributed by atoms with E-state index in [1.165, 1.54) is 0 Å². The number of carboxylic acids is 1. The van der Waals surface area contributed by atoms with Crippen LogP contribution in [0.1, 0.15) is 11.1 Å². The van der Waals surface area contributed by atoms with E-state index in [2.05, 4.69) is 0 Å². The highest BCUT2D eigenvalue weighted by molar-refractivity contribution is 5.81. The highest BCUT2D eigenvalue weighted by atomic mass is 16.5. The predicted octanol–water partition coefficient (Wildman–Crippen LogP) is 3.34. The maximum atomic E-state index is 10.8. The summed E-state index contributed by atoms with van der Waals surface area (Å²) in [5, 5.41) is 8.88. The fourth-order valence-electron chi connectivity index (χ4n) is 2.24. The lowest BCUT2D eigenvalue weighted by Crippen LogP contribution is -2.00. The van der Waals surface area contributed by atoms with Gasteiger partial charge in [0.25, 0.3) is 0 Å². The molecular formula is C16H12O3. The van der Waals surface area contributed by atoms with Gasteiger partial charge in [0, 0.05) is 5.56 Å². The summed E-state index contributed by atoms with van der Waals surface area (Å²) in [5.74, 6) is -0.0868. The highest BCUT2D eigenvalue weighted by Gasteiger charge is 2.13. The van der Waals surface area contributed by atoms with Crippen LogP contribution in [0.2, 0.25) is 0 Å². The van der Waals surface area contributed by atoms with Crippen LogP contribution < -0.4 is 4.74 Å². The van der Waals surface area contributed by atoms with E-state index in [1.54, 1.807) is 12.3 Å². The summed E-state index contributed by atoms with van der Waals surface area (Å²) >= 11 is 0. The number of ether oxygens (including phenoxy) is 1. The third kappa shape index (κ3) is 2.22. The van der Waals surface area contributed by atoms with E-state index in [4.69, 9.17) is 9.84 Å². The molecule has 3 heteroatoms. The molecule has 1 aliphatic heterocycles. The van der Waals surface area contributed by atoms with Gasteiger partial charge in [-0.2, -0.15) is 0 Å². The second-order valence-corrected chi connectivity index (χ2v) is 4.41. The van der Waals surface area contributed by atoms with Crippen LogP contribution in [0.3, 0.4) is 0 Å². The molecule has 0 fully saturated rings. The molecule has 0 atom stereocenters. The van der Waals surface area contributed by atoms with Gasteiger partial charge in [0.2, 0.25) is 0 Å². The molecule has 0 aromatic heterocycles. The van der Waals surface area contributed by atoms with Crippen molar-refractivity contribution in [3.8, 4) is 16.9 Å². The number of hydrogen-bond donors (Lipinski definition) is 1. The summed E-state index contributed by atoms with van der Waals surface area (Å²) in [5.41, 5.74) is 3.82. The number of aliphatic carboxylic acids is 1. The van der Waals surface area contributed by atoms with E-state index < -0.39 is 5.97 Å². The molecule has 0 saturated carbocycles. The maximum absolute atomic E-state index is 10.8. The molecule has 0 radical (unpaired) electrons. The van der Waals surface area contributed by atoms with Crippen LogP contribution in [0.5, 0.6) is 5.75 Å². The molecule has 1 heterocycles. The second kappa shape index (κ2) is 4.61. The number of fused-ring (bicyclic) bond motifs is 3. The van der Waals surface area contributed by atoms with Crippen molar-refractivity contribution in [1.82, 2.24) is 0 Å². The first-order chi connectivity index (χ1) is 9.24. The zero-order valence-corrected chi connectivity index (χ0v) is 10.2. The van der Waals surface area contributed by atoms with Gasteiger partial charge in [-0.15, -0.1) is 0 Å². The van der Waals surface area contributed by atoms with Crippen LogP contribution in [0.4, 0.5) is 0 Å². The molecule has 0 spiro atoms. The van der Waals surface area contributed by atoms with E-state index in [0.29, 0.717) is 0 Å². The lowest BCUT2D eigenvalue weighted by molar-refractivity contribution is -0.136. The van der Waals surface area contributed by atoms with E-state index in [1.807, 2.05) is 42.5 Å². The smallest absolute Gasteiger partial charge is 0.307 e. The topological polar surface area (TPSA) is 46.5 Å². The lowest BCUT2D eigenvalue weighted by Gasteiger charge is -2.10. The Morgan fingerprint density at radius 2 is 1.95 bits per heavy atom. The summed E-state index contributed by atoms with van der Waals surface area (Å²) in [6.07, 6.45) is 3.58. The molecule has 19 heavy (non-hydrogen) atoms. The maximum Gasteiger partial charge on any atom is 0.307 e. The van der Waals surface area contributed by atoms with Gasteiger partial charge in [-0.05, 0) is 34.9 Å². The molecule has 0 unspecified atom stereocenters. The highest BCUT2D eigenvalue weighted by Crippen LogP contribution is 2.36.